The quantitative estimate of drug-likeness (QED) is 0.754. The highest BCUT2D eigenvalue weighted by Crippen LogP contribution is 2.29. The van der Waals surface area contributed by atoms with E-state index in [1.807, 2.05) is 36.4 Å². The van der Waals surface area contributed by atoms with Crippen molar-refractivity contribution in [2.24, 2.45) is 0 Å². The van der Waals surface area contributed by atoms with Crippen molar-refractivity contribution in [2.75, 3.05) is 7.11 Å². The molecule has 0 saturated carbocycles. The van der Waals surface area contributed by atoms with Gasteiger partial charge in [0.25, 0.3) is 0 Å². The molecule has 0 amide bonds. The molecule has 0 atom stereocenters. The molecule has 0 spiro atoms. The van der Waals surface area contributed by atoms with Gasteiger partial charge in [-0.05, 0) is 29.3 Å². The minimum absolute atomic E-state index is 0.853. The van der Waals surface area contributed by atoms with E-state index in [9.17, 15) is 0 Å². The molecule has 0 saturated heterocycles. The molecule has 0 aliphatic heterocycles. The maximum absolute atomic E-state index is 5.20. The first-order valence-corrected chi connectivity index (χ1v) is 5.18. The molecule has 0 N–H and O–H groups in total. The summed E-state index contributed by atoms with van der Waals surface area (Å²) < 4.78 is 5.20. The number of methoxy groups -OCH3 is 1. The van der Waals surface area contributed by atoms with E-state index in [0.29, 0.717) is 0 Å². The van der Waals surface area contributed by atoms with Crippen LogP contribution in [-0.4, -0.2) is 7.11 Å². The molecule has 2 aromatic carbocycles. The van der Waals surface area contributed by atoms with E-state index in [0.717, 1.165) is 21.8 Å². The van der Waals surface area contributed by atoms with Crippen molar-refractivity contribution < 1.29 is 4.74 Å². The van der Waals surface area contributed by atoms with E-state index < -0.39 is 0 Å². The lowest BCUT2D eigenvalue weighted by molar-refractivity contribution is 0.414. The van der Waals surface area contributed by atoms with E-state index >= 15 is 0 Å². The number of ether oxygens (including phenoxy) is 1. The minimum atomic E-state index is 0.853. The third-order valence-corrected chi connectivity index (χ3v) is 2.68. The van der Waals surface area contributed by atoms with Crippen LogP contribution >= 0.6 is 12.6 Å². The second kappa shape index (κ2) is 4.41. The predicted molar refractivity (Wildman–Crippen MR) is 65.7 cm³/mol. The fourth-order valence-corrected chi connectivity index (χ4v) is 1.76. The fraction of sp³-hybridized carbons (Fsp3) is 0.0769. The van der Waals surface area contributed by atoms with Gasteiger partial charge in [-0.25, -0.2) is 0 Å². The average molecular weight is 216 g/mol. The fourth-order valence-electron chi connectivity index (χ4n) is 1.49. The van der Waals surface area contributed by atoms with E-state index in [-0.39, 0.29) is 0 Å². The third-order valence-electron chi connectivity index (χ3n) is 2.29. The standard InChI is InChI=1S/C13H12OS/c1-14-11-7-8-13(15)12(9-11)10-5-3-2-4-6-10/h2-9,15H,1H3. The molecular weight excluding hydrogens is 204 g/mol. The van der Waals surface area contributed by atoms with E-state index in [2.05, 4.69) is 24.8 Å². The number of rotatable bonds is 2. The number of hydrogen-bond acceptors (Lipinski definition) is 2. The zero-order chi connectivity index (χ0) is 10.7. The topological polar surface area (TPSA) is 9.23 Å². The molecule has 15 heavy (non-hydrogen) atoms. The normalized spacial score (nSPS) is 10.0. The van der Waals surface area contributed by atoms with Gasteiger partial charge in [-0.1, -0.05) is 30.3 Å². The molecule has 0 aliphatic rings. The van der Waals surface area contributed by atoms with Crippen LogP contribution in [0.15, 0.2) is 53.4 Å². The van der Waals surface area contributed by atoms with Gasteiger partial charge in [-0.3, -0.25) is 0 Å². The monoisotopic (exact) mass is 216 g/mol. The van der Waals surface area contributed by atoms with Gasteiger partial charge in [0.15, 0.2) is 0 Å². The Bertz CT molecular complexity index is 451. The zero-order valence-electron chi connectivity index (χ0n) is 8.47. The summed E-state index contributed by atoms with van der Waals surface area (Å²) in [6.07, 6.45) is 0. The minimum Gasteiger partial charge on any atom is -0.497 e. The van der Waals surface area contributed by atoms with Crippen LogP contribution in [-0.2, 0) is 0 Å². The van der Waals surface area contributed by atoms with Gasteiger partial charge in [0.2, 0.25) is 0 Å². The van der Waals surface area contributed by atoms with Crippen LogP contribution < -0.4 is 4.74 Å². The van der Waals surface area contributed by atoms with Crippen LogP contribution in [0.4, 0.5) is 0 Å². The van der Waals surface area contributed by atoms with Crippen LogP contribution in [0.25, 0.3) is 11.1 Å². The van der Waals surface area contributed by atoms with Crippen molar-refractivity contribution in [3.8, 4) is 16.9 Å². The second-order valence-electron chi connectivity index (χ2n) is 3.25. The predicted octanol–water partition coefficient (Wildman–Crippen LogP) is 3.65. The molecule has 0 fully saturated rings. The molecule has 0 unspecified atom stereocenters. The Morgan fingerprint density at radius 2 is 1.73 bits per heavy atom. The van der Waals surface area contributed by atoms with Crippen molar-refractivity contribution in [2.45, 2.75) is 4.90 Å². The lowest BCUT2D eigenvalue weighted by Gasteiger charge is -2.07. The van der Waals surface area contributed by atoms with Crippen molar-refractivity contribution in [3.05, 3.63) is 48.5 Å². The Morgan fingerprint density at radius 3 is 2.40 bits per heavy atom. The third kappa shape index (κ3) is 2.16. The van der Waals surface area contributed by atoms with Crippen molar-refractivity contribution in [1.82, 2.24) is 0 Å². The number of hydrogen-bond donors (Lipinski definition) is 1. The van der Waals surface area contributed by atoms with Gasteiger partial charge in [0.05, 0.1) is 7.11 Å². The maximum Gasteiger partial charge on any atom is 0.119 e. The van der Waals surface area contributed by atoms with Gasteiger partial charge < -0.3 is 4.74 Å². The van der Waals surface area contributed by atoms with Gasteiger partial charge >= 0.3 is 0 Å². The molecule has 0 aliphatic carbocycles. The Hall–Kier alpha value is -1.41. The second-order valence-corrected chi connectivity index (χ2v) is 3.73. The highest BCUT2D eigenvalue weighted by atomic mass is 32.1. The molecule has 76 valence electrons. The smallest absolute Gasteiger partial charge is 0.119 e. The van der Waals surface area contributed by atoms with Gasteiger partial charge in [-0.2, -0.15) is 0 Å². The first-order chi connectivity index (χ1) is 7.31. The molecule has 2 aromatic rings. The summed E-state index contributed by atoms with van der Waals surface area (Å²) in [6.45, 7) is 0. The summed E-state index contributed by atoms with van der Waals surface area (Å²) in [5.74, 6) is 0.853. The van der Waals surface area contributed by atoms with E-state index in [1.165, 1.54) is 0 Å². The van der Waals surface area contributed by atoms with E-state index in [4.69, 9.17) is 4.74 Å². The maximum atomic E-state index is 5.20. The van der Waals surface area contributed by atoms with Crippen LogP contribution in [0.3, 0.4) is 0 Å². The van der Waals surface area contributed by atoms with E-state index in [1.54, 1.807) is 7.11 Å². The molecule has 0 bridgehead atoms. The summed E-state index contributed by atoms with van der Waals surface area (Å²) in [4.78, 5) is 0.960. The highest BCUT2D eigenvalue weighted by molar-refractivity contribution is 7.80. The average Bonchev–Trinajstić information content (AvgIpc) is 2.31. The first-order valence-electron chi connectivity index (χ1n) is 4.73. The Morgan fingerprint density at radius 1 is 1.00 bits per heavy atom. The first kappa shape index (κ1) is 10.1. The molecule has 0 heterocycles. The molecular formula is C13H12OS. The summed E-state index contributed by atoms with van der Waals surface area (Å²) in [5, 5.41) is 0. The van der Waals surface area contributed by atoms with Gasteiger partial charge in [0.1, 0.15) is 5.75 Å². The lowest BCUT2D eigenvalue weighted by atomic mass is 10.1. The van der Waals surface area contributed by atoms with Crippen LogP contribution in [0.5, 0.6) is 5.75 Å². The van der Waals surface area contributed by atoms with Crippen molar-refractivity contribution in [3.63, 3.8) is 0 Å². The van der Waals surface area contributed by atoms with Gasteiger partial charge in [-0.15, -0.1) is 12.6 Å². The molecule has 1 nitrogen and oxygen atoms in total. The molecule has 0 radical (unpaired) electrons. The van der Waals surface area contributed by atoms with Gasteiger partial charge in [0, 0.05) is 4.90 Å². The number of thiol groups is 1. The molecule has 0 aromatic heterocycles. The van der Waals surface area contributed by atoms with Crippen LogP contribution in [0.2, 0.25) is 0 Å². The molecule has 2 heteroatoms. The summed E-state index contributed by atoms with van der Waals surface area (Å²) in [6, 6.07) is 16.0. The van der Waals surface area contributed by atoms with Crippen molar-refractivity contribution >= 4 is 12.6 Å². The Labute approximate surface area is 95.1 Å². The number of benzene rings is 2. The Balaban J connectivity index is 2.52. The lowest BCUT2D eigenvalue weighted by Crippen LogP contribution is -1.85. The zero-order valence-corrected chi connectivity index (χ0v) is 9.37. The summed E-state index contributed by atoms with van der Waals surface area (Å²) in [7, 11) is 1.67. The molecule has 2 rings (SSSR count). The highest BCUT2D eigenvalue weighted by Gasteiger charge is 2.03. The van der Waals surface area contributed by atoms with Crippen LogP contribution in [0, 0.1) is 0 Å². The van der Waals surface area contributed by atoms with Crippen LogP contribution in [0.1, 0.15) is 0 Å². The summed E-state index contributed by atoms with van der Waals surface area (Å²) in [5.41, 5.74) is 2.25. The Kier molecular flexibility index (Phi) is 2.97. The van der Waals surface area contributed by atoms with Crippen molar-refractivity contribution in [1.29, 1.82) is 0 Å². The SMILES string of the molecule is COc1ccc(S)c(-c2ccccc2)c1. The summed E-state index contributed by atoms with van der Waals surface area (Å²) >= 11 is 4.44. The largest absolute Gasteiger partial charge is 0.497 e.